The van der Waals surface area contributed by atoms with E-state index in [-0.39, 0.29) is 0 Å². The molecule has 2 aromatic rings. The summed E-state index contributed by atoms with van der Waals surface area (Å²) in [5, 5.41) is 0. The number of benzene rings is 2. The first-order chi connectivity index (χ1) is 10.6. The van der Waals surface area contributed by atoms with Crippen molar-refractivity contribution in [3.05, 3.63) is 59.7 Å². The molecule has 0 heterocycles. The van der Waals surface area contributed by atoms with Gasteiger partial charge in [-0.15, -0.1) is 0 Å². The molecule has 0 bridgehead atoms. The van der Waals surface area contributed by atoms with Crippen LogP contribution in [0.25, 0.3) is 11.1 Å². The lowest BCUT2D eigenvalue weighted by molar-refractivity contribution is 0.380. The van der Waals surface area contributed by atoms with E-state index in [1.807, 2.05) is 0 Å². The lowest BCUT2D eigenvalue weighted by Crippen LogP contribution is -2.21. The Kier molecular flexibility index (Phi) is 4.38. The molecule has 116 valence electrons. The largest absolute Gasteiger partial charge is 0.0628 e. The van der Waals surface area contributed by atoms with Gasteiger partial charge < -0.3 is 0 Å². The van der Waals surface area contributed by atoms with Gasteiger partial charge in [0.2, 0.25) is 0 Å². The van der Waals surface area contributed by atoms with Crippen LogP contribution in [0.5, 0.6) is 0 Å². The normalized spacial score (nSPS) is 20.1. The van der Waals surface area contributed by atoms with Crippen molar-refractivity contribution in [2.24, 2.45) is 11.8 Å². The molecule has 0 heteroatoms. The molecule has 0 N–H and O–H groups in total. The van der Waals surface area contributed by atoms with E-state index < -0.39 is 0 Å². The van der Waals surface area contributed by atoms with Gasteiger partial charge in [-0.25, -0.2) is 0 Å². The van der Waals surface area contributed by atoms with E-state index in [9.17, 15) is 0 Å². The summed E-state index contributed by atoms with van der Waals surface area (Å²) in [5.41, 5.74) is 6.06. The maximum atomic E-state index is 2.37. The molecular formula is C22H28. The van der Waals surface area contributed by atoms with Crippen molar-refractivity contribution in [3.8, 4) is 11.1 Å². The molecule has 0 saturated carbocycles. The Morgan fingerprint density at radius 2 is 1.00 bits per heavy atom. The summed E-state index contributed by atoms with van der Waals surface area (Å²) in [6.45, 7) is 9.43. The highest BCUT2D eigenvalue weighted by molar-refractivity contribution is 5.75. The van der Waals surface area contributed by atoms with Crippen LogP contribution in [-0.4, -0.2) is 0 Å². The maximum Gasteiger partial charge on any atom is -0.00842 e. The Bertz CT molecular complexity index is 578. The second-order valence-corrected chi connectivity index (χ2v) is 7.65. The third-order valence-corrected chi connectivity index (χ3v) is 4.95. The zero-order chi connectivity index (χ0) is 15.7. The Hall–Kier alpha value is -1.56. The van der Waals surface area contributed by atoms with Gasteiger partial charge in [-0.3, -0.25) is 0 Å². The van der Waals surface area contributed by atoms with E-state index in [0.29, 0.717) is 11.8 Å². The molecule has 0 aliphatic heterocycles. The number of hydrogen-bond acceptors (Lipinski definition) is 0. The summed E-state index contributed by atoms with van der Waals surface area (Å²) in [5.74, 6) is 2.79. The molecule has 0 saturated heterocycles. The van der Waals surface area contributed by atoms with E-state index in [4.69, 9.17) is 0 Å². The van der Waals surface area contributed by atoms with E-state index in [2.05, 4.69) is 76.2 Å². The minimum Gasteiger partial charge on any atom is -0.0628 e. The van der Waals surface area contributed by atoms with Crippen LogP contribution in [0.15, 0.2) is 48.5 Å². The van der Waals surface area contributed by atoms with Crippen LogP contribution < -0.4 is 0 Å². The average molecular weight is 292 g/mol. The maximum absolute atomic E-state index is 2.37. The molecule has 0 amide bonds. The van der Waals surface area contributed by atoms with Crippen molar-refractivity contribution < 1.29 is 0 Å². The van der Waals surface area contributed by atoms with Crippen LogP contribution in [0.4, 0.5) is 0 Å². The highest BCUT2D eigenvalue weighted by Crippen LogP contribution is 2.51. The predicted octanol–water partition coefficient (Wildman–Crippen LogP) is 6.63. The van der Waals surface area contributed by atoms with Crippen molar-refractivity contribution in [1.29, 1.82) is 0 Å². The van der Waals surface area contributed by atoms with Gasteiger partial charge >= 0.3 is 0 Å². The quantitative estimate of drug-likeness (QED) is 0.593. The minimum absolute atomic E-state index is 0.661. The van der Waals surface area contributed by atoms with Crippen molar-refractivity contribution >= 4 is 0 Å². The molecule has 2 atom stereocenters. The number of fused-ring (bicyclic) bond motifs is 3. The van der Waals surface area contributed by atoms with E-state index >= 15 is 0 Å². The predicted molar refractivity (Wildman–Crippen MR) is 96.3 cm³/mol. The molecule has 2 unspecified atom stereocenters. The van der Waals surface area contributed by atoms with Crippen molar-refractivity contribution in [1.82, 2.24) is 0 Å². The molecule has 2 aromatic carbocycles. The van der Waals surface area contributed by atoms with Gasteiger partial charge in [0.05, 0.1) is 0 Å². The summed E-state index contributed by atoms with van der Waals surface area (Å²) in [4.78, 5) is 0. The third-order valence-electron chi connectivity index (χ3n) is 4.95. The summed E-state index contributed by atoms with van der Waals surface area (Å²) in [6.07, 6.45) is 2.56. The highest BCUT2D eigenvalue weighted by atomic mass is 14.4. The lowest BCUT2D eigenvalue weighted by Gasteiger charge is -2.37. The van der Waals surface area contributed by atoms with Gasteiger partial charge in [-0.05, 0) is 58.8 Å². The fourth-order valence-electron chi connectivity index (χ4n) is 4.16. The monoisotopic (exact) mass is 292 g/mol. The first-order valence-corrected chi connectivity index (χ1v) is 8.76. The topological polar surface area (TPSA) is 0 Å². The molecule has 0 fully saturated rings. The van der Waals surface area contributed by atoms with Gasteiger partial charge in [0.15, 0.2) is 0 Å². The molecule has 3 rings (SSSR count). The van der Waals surface area contributed by atoms with E-state index in [1.54, 1.807) is 11.1 Å². The van der Waals surface area contributed by atoms with Crippen molar-refractivity contribution in [2.75, 3.05) is 0 Å². The number of hydrogen-bond donors (Lipinski definition) is 0. The lowest BCUT2D eigenvalue weighted by atomic mass is 9.67. The Morgan fingerprint density at radius 1 is 0.636 bits per heavy atom. The summed E-state index contributed by atoms with van der Waals surface area (Å²) < 4.78 is 0. The molecule has 0 spiro atoms. The Labute approximate surface area is 135 Å². The SMILES string of the molecule is CC(C)CC1c2ccccc2-c2ccccc2C1CC(C)C. The molecule has 0 aromatic heterocycles. The smallest absolute Gasteiger partial charge is 0.00842 e. The van der Waals surface area contributed by atoms with Gasteiger partial charge in [0.1, 0.15) is 0 Å². The zero-order valence-electron chi connectivity index (χ0n) is 14.3. The van der Waals surface area contributed by atoms with E-state index in [0.717, 1.165) is 11.8 Å². The minimum atomic E-state index is 0.661. The van der Waals surface area contributed by atoms with Crippen LogP contribution in [0.1, 0.15) is 63.5 Å². The Morgan fingerprint density at radius 3 is 1.36 bits per heavy atom. The van der Waals surface area contributed by atoms with Gasteiger partial charge in [-0.1, -0.05) is 76.2 Å². The first-order valence-electron chi connectivity index (χ1n) is 8.76. The second kappa shape index (κ2) is 6.28. The molecule has 22 heavy (non-hydrogen) atoms. The van der Waals surface area contributed by atoms with E-state index in [1.165, 1.54) is 24.0 Å². The van der Waals surface area contributed by atoms with Crippen LogP contribution in [-0.2, 0) is 0 Å². The van der Waals surface area contributed by atoms with Crippen LogP contribution in [0.3, 0.4) is 0 Å². The highest BCUT2D eigenvalue weighted by Gasteiger charge is 2.33. The molecule has 0 nitrogen and oxygen atoms in total. The van der Waals surface area contributed by atoms with Crippen LogP contribution in [0.2, 0.25) is 0 Å². The Balaban J connectivity index is 2.15. The summed E-state index contributed by atoms with van der Waals surface area (Å²) in [6, 6.07) is 18.2. The molecule has 1 aliphatic rings. The fraction of sp³-hybridized carbons (Fsp3) is 0.455. The molecule has 1 aliphatic carbocycles. The van der Waals surface area contributed by atoms with Crippen molar-refractivity contribution in [2.45, 2.75) is 52.4 Å². The fourth-order valence-corrected chi connectivity index (χ4v) is 4.16. The third kappa shape index (κ3) is 2.84. The van der Waals surface area contributed by atoms with Gasteiger partial charge in [-0.2, -0.15) is 0 Å². The molecular weight excluding hydrogens is 264 g/mol. The standard InChI is InChI=1S/C22H28/c1-15(2)13-21-19-11-7-5-9-17(19)18-10-6-8-12-20(18)22(21)14-16(3)4/h5-12,15-16,21-22H,13-14H2,1-4H3. The van der Waals surface area contributed by atoms with Crippen LogP contribution >= 0.6 is 0 Å². The van der Waals surface area contributed by atoms with Gasteiger partial charge in [0.25, 0.3) is 0 Å². The first kappa shape index (κ1) is 15.3. The summed E-state index contributed by atoms with van der Waals surface area (Å²) >= 11 is 0. The van der Waals surface area contributed by atoms with Crippen molar-refractivity contribution in [3.63, 3.8) is 0 Å². The second-order valence-electron chi connectivity index (χ2n) is 7.65. The molecule has 0 radical (unpaired) electrons. The van der Waals surface area contributed by atoms with Gasteiger partial charge in [0, 0.05) is 0 Å². The zero-order valence-corrected chi connectivity index (χ0v) is 14.3. The number of rotatable bonds is 4. The average Bonchev–Trinajstić information content (AvgIpc) is 2.50. The van der Waals surface area contributed by atoms with Crippen LogP contribution in [0, 0.1) is 11.8 Å². The summed E-state index contributed by atoms with van der Waals surface area (Å²) in [7, 11) is 0.